The number of rotatable bonds is 4. The number of benzene rings is 1. The van der Waals surface area contributed by atoms with E-state index >= 15 is 0 Å². The molecule has 0 bridgehead atoms. The fraction of sp³-hybridized carbons (Fsp3) is 0.267. The third-order valence-corrected chi connectivity index (χ3v) is 3.09. The zero-order chi connectivity index (χ0) is 17.0. The van der Waals surface area contributed by atoms with Crippen LogP contribution in [0.25, 0.3) is 0 Å². The number of halogens is 3. The van der Waals surface area contributed by atoms with E-state index in [1.807, 2.05) is 0 Å². The van der Waals surface area contributed by atoms with E-state index in [1.165, 1.54) is 30.6 Å². The SMILES string of the molecule is Cc1cnc(C(=O)NC[C@@H](O)c2ccccc2C(F)(F)F)cn1. The van der Waals surface area contributed by atoms with E-state index in [9.17, 15) is 23.1 Å². The molecule has 0 saturated heterocycles. The average Bonchev–Trinajstić information content (AvgIpc) is 2.52. The molecule has 0 aliphatic carbocycles. The maximum Gasteiger partial charge on any atom is 0.416 e. The molecular weight excluding hydrogens is 311 g/mol. The first-order chi connectivity index (χ1) is 10.8. The highest BCUT2D eigenvalue weighted by Gasteiger charge is 2.34. The topological polar surface area (TPSA) is 75.1 Å². The molecule has 0 aliphatic rings. The van der Waals surface area contributed by atoms with Crippen LogP contribution in [0.4, 0.5) is 13.2 Å². The molecule has 2 aromatic rings. The predicted molar refractivity (Wildman–Crippen MR) is 75.5 cm³/mol. The quantitative estimate of drug-likeness (QED) is 0.904. The number of alkyl halides is 3. The van der Waals surface area contributed by atoms with Crippen LogP contribution in [0.15, 0.2) is 36.7 Å². The van der Waals surface area contributed by atoms with Gasteiger partial charge in [0.05, 0.1) is 23.6 Å². The summed E-state index contributed by atoms with van der Waals surface area (Å²) < 4.78 is 38.7. The van der Waals surface area contributed by atoms with E-state index in [0.717, 1.165) is 6.07 Å². The van der Waals surface area contributed by atoms with Crippen LogP contribution in [0.2, 0.25) is 0 Å². The molecule has 1 aromatic heterocycles. The van der Waals surface area contributed by atoms with Crippen molar-refractivity contribution < 1.29 is 23.1 Å². The van der Waals surface area contributed by atoms with Crippen molar-refractivity contribution in [2.24, 2.45) is 0 Å². The van der Waals surface area contributed by atoms with Gasteiger partial charge in [-0.3, -0.25) is 9.78 Å². The van der Waals surface area contributed by atoms with Crippen LogP contribution >= 0.6 is 0 Å². The summed E-state index contributed by atoms with van der Waals surface area (Å²) in [6, 6.07) is 4.68. The molecule has 1 amide bonds. The van der Waals surface area contributed by atoms with Crippen molar-refractivity contribution in [3.05, 3.63) is 59.2 Å². The van der Waals surface area contributed by atoms with E-state index in [2.05, 4.69) is 15.3 Å². The van der Waals surface area contributed by atoms with Gasteiger partial charge in [-0.25, -0.2) is 4.98 Å². The van der Waals surface area contributed by atoms with Crippen molar-refractivity contribution >= 4 is 5.91 Å². The van der Waals surface area contributed by atoms with Crippen molar-refractivity contribution in [2.45, 2.75) is 19.2 Å². The van der Waals surface area contributed by atoms with Gasteiger partial charge >= 0.3 is 6.18 Å². The Morgan fingerprint density at radius 3 is 2.57 bits per heavy atom. The number of carbonyl (C=O) groups excluding carboxylic acids is 1. The molecule has 1 aromatic carbocycles. The van der Waals surface area contributed by atoms with Crippen molar-refractivity contribution in [1.29, 1.82) is 0 Å². The number of nitrogens with one attached hydrogen (secondary N) is 1. The van der Waals surface area contributed by atoms with Gasteiger partial charge in [0.25, 0.3) is 5.91 Å². The summed E-state index contributed by atoms with van der Waals surface area (Å²) in [6.07, 6.45) is -3.43. The van der Waals surface area contributed by atoms with Gasteiger partial charge in [-0.2, -0.15) is 13.2 Å². The second-order valence-corrected chi connectivity index (χ2v) is 4.85. The number of amides is 1. The van der Waals surface area contributed by atoms with Gasteiger partial charge in [0.15, 0.2) is 0 Å². The molecule has 0 radical (unpaired) electrons. The minimum absolute atomic E-state index is 0.0203. The second kappa shape index (κ2) is 6.74. The Balaban J connectivity index is 2.07. The zero-order valence-electron chi connectivity index (χ0n) is 12.1. The Hall–Kier alpha value is -2.48. The number of carbonyl (C=O) groups is 1. The maximum absolute atomic E-state index is 12.9. The summed E-state index contributed by atoms with van der Waals surface area (Å²) >= 11 is 0. The summed E-state index contributed by atoms with van der Waals surface area (Å²) in [6.45, 7) is 1.33. The molecule has 0 fully saturated rings. The Kier molecular flexibility index (Phi) is 4.95. The standard InChI is InChI=1S/C15H14F3N3O2/c1-9-6-20-12(7-19-9)14(23)21-8-13(22)10-4-2-3-5-11(10)15(16,17)18/h2-7,13,22H,8H2,1H3,(H,21,23)/t13-/m1/s1. The van der Waals surface area contributed by atoms with Crippen LogP contribution < -0.4 is 5.32 Å². The van der Waals surface area contributed by atoms with Crippen molar-refractivity contribution in [3.63, 3.8) is 0 Å². The molecule has 0 spiro atoms. The third kappa shape index (κ3) is 4.26. The molecule has 1 heterocycles. The highest BCUT2D eigenvalue weighted by molar-refractivity contribution is 5.91. The fourth-order valence-electron chi connectivity index (χ4n) is 1.95. The molecule has 0 saturated carbocycles. The number of hydrogen-bond acceptors (Lipinski definition) is 4. The summed E-state index contributed by atoms with van der Waals surface area (Å²) in [5.74, 6) is -0.624. The van der Waals surface area contributed by atoms with Crippen LogP contribution in [0.3, 0.4) is 0 Å². The van der Waals surface area contributed by atoms with Gasteiger partial charge in [0, 0.05) is 12.7 Å². The molecule has 2 rings (SSSR count). The molecule has 23 heavy (non-hydrogen) atoms. The first-order valence-corrected chi connectivity index (χ1v) is 6.70. The maximum atomic E-state index is 12.9. The van der Waals surface area contributed by atoms with Crippen LogP contribution in [-0.4, -0.2) is 27.5 Å². The Morgan fingerprint density at radius 2 is 1.96 bits per heavy atom. The van der Waals surface area contributed by atoms with E-state index in [1.54, 1.807) is 6.92 Å². The van der Waals surface area contributed by atoms with Gasteiger partial charge in [-0.15, -0.1) is 0 Å². The zero-order valence-corrected chi connectivity index (χ0v) is 12.1. The van der Waals surface area contributed by atoms with E-state index in [0.29, 0.717) is 5.69 Å². The first kappa shape index (κ1) is 16.9. The normalized spacial score (nSPS) is 12.7. The molecule has 122 valence electrons. The number of hydrogen-bond donors (Lipinski definition) is 2. The lowest BCUT2D eigenvalue weighted by atomic mass is 10.0. The van der Waals surface area contributed by atoms with E-state index in [-0.39, 0.29) is 17.8 Å². The van der Waals surface area contributed by atoms with Crippen LogP contribution in [0.5, 0.6) is 0 Å². The predicted octanol–water partition coefficient (Wildman–Crippen LogP) is 2.27. The largest absolute Gasteiger partial charge is 0.416 e. The smallest absolute Gasteiger partial charge is 0.387 e. The highest BCUT2D eigenvalue weighted by Crippen LogP contribution is 2.34. The van der Waals surface area contributed by atoms with Crippen LogP contribution in [0.1, 0.15) is 33.4 Å². The lowest BCUT2D eigenvalue weighted by Crippen LogP contribution is -2.30. The number of aryl methyl sites for hydroxylation is 1. The lowest BCUT2D eigenvalue weighted by Gasteiger charge is -2.17. The molecule has 1 atom stereocenters. The molecular formula is C15H14F3N3O2. The van der Waals surface area contributed by atoms with Gasteiger partial charge in [-0.1, -0.05) is 18.2 Å². The third-order valence-electron chi connectivity index (χ3n) is 3.09. The molecule has 0 unspecified atom stereocenters. The van der Waals surface area contributed by atoms with Gasteiger partial charge in [0.2, 0.25) is 0 Å². The van der Waals surface area contributed by atoms with Gasteiger partial charge < -0.3 is 10.4 Å². The Labute approximate surface area is 130 Å². The monoisotopic (exact) mass is 325 g/mol. The molecule has 2 N–H and O–H groups in total. The van der Waals surface area contributed by atoms with Crippen LogP contribution in [0, 0.1) is 6.92 Å². The fourth-order valence-corrected chi connectivity index (χ4v) is 1.95. The summed E-state index contributed by atoms with van der Waals surface area (Å²) in [5.41, 5.74) is -0.584. The van der Waals surface area contributed by atoms with Gasteiger partial charge in [0.1, 0.15) is 5.69 Å². The van der Waals surface area contributed by atoms with Gasteiger partial charge in [-0.05, 0) is 18.6 Å². The number of aliphatic hydroxyl groups is 1. The van der Waals surface area contributed by atoms with E-state index in [4.69, 9.17) is 0 Å². The first-order valence-electron chi connectivity index (χ1n) is 6.70. The minimum atomic E-state index is -4.58. The number of nitrogens with zero attached hydrogens (tertiary/aromatic N) is 2. The van der Waals surface area contributed by atoms with Crippen molar-refractivity contribution in [3.8, 4) is 0 Å². The Morgan fingerprint density at radius 1 is 1.26 bits per heavy atom. The molecule has 8 heteroatoms. The van der Waals surface area contributed by atoms with Crippen LogP contribution in [-0.2, 0) is 6.18 Å². The summed E-state index contributed by atoms with van der Waals surface area (Å²) in [4.78, 5) is 19.6. The minimum Gasteiger partial charge on any atom is -0.387 e. The number of aromatic nitrogens is 2. The lowest BCUT2D eigenvalue weighted by molar-refractivity contribution is -0.139. The second-order valence-electron chi connectivity index (χ2n) is 4.85. The summed E-state index contributed by atoms with van der Waals surface area (Å²) in [7, 11) is 0. The molecule has 5 nitrogen and oxygen atoms in total. The highest BCUT2D eigenvalue weighted by atomic mass is 19.4. The van der Waals surface area contributed by atoms with E-state index < -0.39 is 23.8 Å². The van der Waals surface area contributed by atoms with Crippen molar-refractivity contribution in [1.82, 2.24) is 15.3 Å². The Bertz CT molecular complexity index is 687. The summed E-state index contributed by atoms with van der Waals surface area (Å²) in [5, 5.41) is 12.3. The number of aliphatic hydroxyl groups excluding tert-OH is 1. The van der Waals surface area contributed by atoms with Crippen molar-refractivity contribution in [2.75, 3.05) is 6.54 Å². The molecule has 0 aliphatic heterocycles. The average molecular weight is 325 g/mol.